The largest absolute Gasteiger partial charge is 0.370 e. The van der Waals surface area contributed by atoms with Gasteiger partial charge in [-0.15, -0.1) is 11.3 Å². The van der Waals surface area contributed by atoms with Crippen molar-refractivity contribution in [3.05, 3.63) is 23.1 Å². The predicted octanol–water partition coefficient (Wildman–Crippen LogP) is 2.19. The third-order valence-electron chi connectivity index (χ3n) is 3.35. The summed E-state index contributed by atoms with van der Waals surface area (Å²) in [4.78, 5) is 11.1. The molecule has 0 amide bonds. The second kappa shape index (κ2) is 3.27. The highest BCUT2D eigenvalue weighted by Gasteiger charge is 2.30. The van der Waals surface area contributed by atoms with Crippen molar-refractivity contribution in [1.82, 2.24) is 19.6 Å². The van der Waals surface area contributed by atoms with Gasteiger partial charge in [0, 0.05) is 11.3 Å². The molecular formula is C12H12N4OS. The zero-order chi connectivity index (χ0) is 12.3. The van der Waals surface area contributed by atoms with E-state index in [9.17, 15) is 0 Å². The van der Waals surface area contributed by atoms with Gasteiger partial charge in [-0.1, -0.05) is 0 Å². The van der Waals surface area contributed by atoms with Crippen LogP contribution in [0.3, 0.4) is 0 Å². The Morgan fingerprint density at radius 2 is 2.28 bits per heavy atom. The topological polar surface area (TPSA) is 52.3 Å². The number of aromatic nitrogens is 4. The lowest BCUT2D eigenvalue weighted by Gasteiger charge is -2.30. The van der Waals surface area contributed by atoms with Crippen molar-refractivity contribution in [1.29, 1.82) is 0 Å². The highest BCUT2D eigenvalue weighted by atomic mass is 32.1. The maximum absolute atomic E-state index is 5.85. The molecule has 5 nitrogen and oxygen atoms in total. The minimum absolute atomic E-state index is 0.117. The third kappa shape index (κ3) is 1.33. The summed E-state index contributed by atoms with van der Waals surface area (Å²) in [5.74, 6) is 0. The lowest BCUT2D eigenvalue weighted by molar-refractivity contribution is -0.0379. The first-order chi connectivity index (χ1) is 8.64. The minimum atomic E-state index is -0.117. The normalized spacial score (nSPS) is 18.3. The predicted molar refractivity (Wildman–Crippen MR) is 68.7 cm³/mol. The first kappa shape index (κ1) is 10.4. The number of hydrogen-bond acceptors (Lipinski definition) is 5. The Morgan fingerprint density at radius 3 is 3.17 bits per heavy atom. The Labute approximate surface area is 107 Å². The Bertz CT molecular complexity index is 758. The van der Waals surface area contributed by atoms with Gasteiger partial charge in [0.25, 0.3) is 0 Å². The van der Waals surface area contributed by atoms with Crippen LogP contribution < -0.4 is 0 Å². The molecule has 0 spiro atoms. The Balaban J connectivity index is 2.10. The zero-order valence-electron chi connectivity index (χ0n) is 10.2. The summed E-state index contributed by atoms with van der Waals surface area (Å²) < 4.78 is 7.59. The number of ether oxygens (including phenoxy) is 1. The molecule has 0 atom stereocenters. The fraction of sp³-hybridized carbons (Fsp3) is 0.417. The summed E-state index contributed by atoms with van der Waals surface area (Å²) >= 11 is 1.70. The third-order valence-corrected chi connectivity index (χ3v) is 4.46. The number of thiophene rings is 1. The fourth-order valence-corrected chi connectivity index (χ4v) is 3.55. The molecule has 3 aromatic rings. The smallest absolute Gasteiger partial charge is 0.167 e. The van der Waals surface area contributed by atoms with Gasteiger partial charge in [-0.05, 0) is 19.4 Å². The molecule has 4 rings (SSSR count). The van der Waals surface area contributed by atoms with Gasteiger partial charge in [-0.25, -0.2) is 14.5 Å². The molecule has 0 aromatic carbocycles. The maximum atomic E-state index is 5.85. The van der Waals surface area contributed by atoms with Gasteiger partial charge in [-0.3, -0.25) is 0 Å². The van der Waals surface area contributed by atoms with E-state index in [0.29, 0.717) is 6.61 Å². The van der Waals surface area contributed by atoms with Crippen LogP contribution in [-0.4, -0.2) is 25.2 Å². The first-order valence-corrected chi connectivity index (χ1v) is 6.68. The van der Waals surface area contributed by atoms with Crippen LogP contribution in [0.4, 0.5) is 0 Å². The molecule has 1 aliphatic rings. The summed E-state index contributed by atoms with van der Waals surface area (Å²) in [7, 11) is 0. The molecule has 3 aromatic heterocycles. The number of hydrogen-bond donors (Lipinski definition) is 0. The standard InChI is InChI=1S/C12H12N4OS/c1-12(2)3-7-8(4-17-12)18-11-9(7)10-13-5-15-16(10)6-14-11/h5-6H,3-4H2,1-2H3. The van der Waals surface area contributed by atoms with Gasteiger partial charge in [0.05, 0.1) is 17.6 Å². The maximum Gasteiger partial charge on any atom is 0.167 e. The molecule has 0 fully saturated rings. The second-order valence-electron chi connectivity index (χ2n) is 5.18. The second-order valence-corrected chi connectivity index (χ2v) is 6.27. The molecule has 92 valence electrons. The molecule has 0 bridgehead atoms. The Morgan fingerprint density at radius 1 is 1.39 bits per heavy atom. The lowest BCUT2D eigenvalue weighted by atomic mass is 9.94. The molecule has 0 unspecified atom stereocenters. The quantitative estimate of drug-likeness (QED) is 0.621. The van der Waals surface area contributed by atoms with E-state index >= 15 is 0 Å². The summed E-state index contributed by atoms with van der Waals surface area (Å²) in [5, 5.41) is 5.29. The van der Waals surface area contributed by atoms with Crippen LogP contribution in [-0.2, 0) is 17.8 Å². The lowest BCUT2D eigenvalue weighted by Crippen LogP contribution is -2.31. The van der Waals surface area contributed by atoms with Crippen LogP contribution in [0.15, 0.2) is 12.7 Å². The highest BCUT2D eigenvalue weighted by Crippen LogP contribution is 2.39. The van der Waals surface area contributed by atoms with Crippen LogP contribution in [0.2, 0.25) is 0 Å². The average Bonchev–Trinajstić information content (AvgIpc) is 2.89. The molecule has 6 heteroatoms. The SMILES string of the molecule is CC1(C)Cc2c(sc3ncn4ncnc4c23)CO1. The highest BCUT2D eigenvalue weighted by molar-refractivity contribution is 7.19. The molecular weight excluding hydrogens is 248 g/mol. The van der Waals surface area contributed by atoms with E-state index < -0.39 is 0 Å². The minimum Gasteiger partial charge on any atom is -0.370 e. The summed E-state index contributed by atoms with van der Waals surface area (Å²) in [5.41, 5.74) is 2.11. The van der Waals surface area contributed by atoms with Gasteiger partial charge >= 0.3 is 0 Å². The molecule has 0 radical (unpaired) electrons. The van der Waals surface area contributed by atoms with Crippen LogP contribution in [0.1, 0.15) is 24.3 Å². The monoisotopic (exact) mass is 260 g/mol. The molecule has 0 saturated heterocycles. The number of rotatable bonds is 0. The van der Waals surface area contributed by atoms with Crippen molar-refractivity contribution >= 4 is 27.2 Å². The van der Waals surface area contributed by atoms with Crippen molar-refractivity contribution < 1.29 is 4.74 Å². The van der Waals surface area contributed by atoms with E-state index in [2.05, 4.69) is 28.9 Å². The molecule has 0 saturated carbocycles. The van der Waals surface area contributed by atoms with E-state index in [4.69, 9.17) is 4.74 Å². The molecule has 0 N–H and O–H groups in total. The molecule has 1 aliphatic heterocycles. The van der Waals surface area contributed by atoms with Crippen molar-refractivity contribution in [3.8, 4) is 0 Å². The van der Waals surface area contributed by atoms with Crippen molar-refractivity contribution in [2.24, 2.45) is 0 Å². The number of fused-ring (bicyclic) bond motifs is 5. The fourth-order valence-electron chi connectivity index (χ4n) is 2.48. The van der Waals surface area contributed by atoms with Crippen LogP contribution in [0, 0.1) is 0 Å². The van der Waals surface area contributed by atoms with Gasteiger partial charge in [-0.2, -0.15) is 5.10 Å². The van der Waals surface area contributed by atoms with Crippen molar-refractivity contribution in [2.75, 3.05) is 0 Å². The summed E-state index contributed by atoms with van der Waals surface area (Å²) in [6.07, 6.45) is 4.19. The van der Waals surface area contributed by atoms with Gasteiger partial charge in [0.1, 0.15) is 17.5 Å². The average molecular weight is 260 g/mol. The van der Waals surface area contributed by atoms with Crippen molar-refractivity contribution in [3.63, 3.8) is 0 Å². The van der Waals surface area contributed by atoms with Gasteiger partial charge < -0.3 is 4.74 Å². The summed E-state index contributed by atoms with van der Waals surface area (Å²) in [6, 6.07) is 0. The molecule has 0 aliphatic carbocycles. The zero-order valence-corrected chi connectivity index (χ0v) is 11.0. The van der Waals surface area contributed by atoms with Gasteiger partial charge in [0.2, 0.25) is 0 Å². The first-order valence-electron chi connectivity index (χ1n) is 5.87. The van der Waals surface area contributed by atoms with E-state index in [1.165, 1.54) is 10.4 Å². The van der Waals surface area contributed by atoms with Gasteiger partial charge in [0.15, 0.2) is 5.65 Å². The Hall–Kier alpha value is -1.53. The Kier molecular flexibility index (Phi) is 1.89. The van der Waals surface area contributed by atoms with Crippen LogP contribution >= 0.6 is 11.3 Å². The van der Waals surface area contributed by atoms with E-state index in [1.54, 1.807) is 28.5 Å². The van der Waals surface area contributed by atoms with E-state index in [1.807, 2.05) is 0 Å². The van der Waals surface area contributed by atoms with Crippen LogP contribution in [0.25, 0.3) is 15.9 Å². The van der Waals surface area contributed by atoms with Crippen LogP contribution in [0.5, 0.6) is 0 Å². The van der Waals surface area contributed by atoms with E-state index in [0.717, 1.165) is 22.3 Å². The van der Waals surface area contributed by atoms with E-state index in [-0.39, 0.29) is 5.60 Å². The number of nitrogens with zero attached hydrogens (tertiary/aromatic N) is 4. The van der Waals surface area contributed by atoms with Crippen molar-refractivity contribution in [2.45, 2.75) is 32.5 Å². The molecule has 18 heavy (non-hydrogen) atoms. The molecule has 4 heterocycles. The summed E-state index contributed by atoms with van der Waals surface area (Å²) in [6.45, 7) is 4.91.